The molecule has 2 fully saturated rings. The van der Waals surface area contributed by atoms with E-state index in [4.69, 9.17) is 0 Å². The number of hydrogen-bond acceptors (Lipinski definition) is 3. The van der Waals surface area contributed by atoms with Crippen molar-refractivity contribution in [1.82, 2.24) is 4.90 Å². The Morgan fingerprint density at radius 2 is 1.41 bits per heavy atom. The standard InChI is InChI=1S/C17H23N3O2/c21-16(17(22)20-12-4-5-13-20)18-14-6-8-15(9-7-14)19-10-2-1-3-11-19/h6-9H,1-5,10-13H2,(H,18,21). The van der Waals surface area contributed by atoms with E-state index in [9.17, 15) is 9.59 Å². The average molecular weight is 301 g/mol. The predicted octanol–water partition coefficient (Wildman–Crippen LogP) is 2.24. The maximum absolute atomic E-state index is 12.0. The van der Waals surface area contributed by atoms with Crippen molar-refractivity contribution in [2.45, 2.75) is 32.1 Å². The first-order valence-corrected chi connectivity index (χ1v) is 8.19. The normalized spacial score (nSPS) is 18.4. The molecule has 0 radical (unpaired) electrons. The first-order valence-electron chi connectivity index (χ1n) is 8.19. The van der Waals surface area contributed by atoms with Gasteiger partial charge >= 0.3 is 11.8 Å². The van der Waals surface area contributed by atoms with E-state index < -0.39 is 11.8 Å². The zero-order chi connectivity index (χ0) is 15.4. The van der Waals surface area contributed by atoms with Gasteiger partial charge in [0.2, 0.25) is 0 Å². The maximum atomic E-state index is 12.0. The first kappa shape index (κ1) is 14.9. The van der Waals surface area contributed by atoms with Crippen LogP contribution < -0.4 is 10.2 Å². The van der Waals surface area contributed by atoms with Crippen LogP contribution in [-0.2, 0) is 9.59 Å². The molecule has 0 atom stereocenters. The summed E-state index contributed by atoms with van der Waals surface area (Å²) in [6.45, 7) is 3.58. The second-order valence-corrected chi connectivity index (χ2v) is 6.05. The van der Waals surface area contributed by atoms with Crippen LogP contribution in [0.15, 0.2) is 24.3 Å². The molecule has 2 saturated heterocycles. The highest BCUT2D eigenvalue weighted by atomic mass is 16.2. The molecule has 0 aliphatic carbocycles. The summed E-state index contributed by atoms with van der Waals surface area (Å²) in [5.41, 5.74) is 1.86. The minimum atomic E-state index is -0.535. The molecule has 2 amide bonds. The number of rotatable bonds is 2. The van der Waals surface area contributed by atoms with E-state index in [-0.39, 0.29) is 0 Å². The lowest BCUT2D eigenvalue weighted by Gasteiger charge is -2.28. The molecule has 2 aliphatic heterocycles. The smallest absolute Gasteiger partial charge is 0.313 e. The van der Waals surface area contributed by atoms with Gasteiger partial charge in [0.25, 0.3) is 0 Å². The van der Waals surface area contributed by atoms with Crippen LogP contribution in [0, 0.1) is 0 Å². The molecular weight excluding hydrogens is 278 g/mol. The van der Waals surface area contributed by atoms with Crippen LogP contribution in [-0.4, -0.2) is 42.9 Å². The molecule has 1 N–H and O–H groups in total. The molecule has 5 heteroatoms. The van der Waals surface area contributed by atoms with Crippen LogP contribution in [0.5, 0.6) is 0 Å². The van der Waals surface area contributed by atoms with Gasteiger partial charge in [-0.15, -0.1) is 0 Å². The third-order valence-electron chi connectivity index (χ3n) is 4.43. The third-order valence-corrected chi connectivity index (χ3v) is 4.43. The van der Waals surface area contributed by atoms with Crippen molar-refractivity contribution in [3.63, 3.8) is 0 Å². The summed E-state index contributed by atoms with van der Waals surface area (Å²) in [5, 5.41) is 2.70. The van der Waals surface area contributed by atoms with Crippen LogP contribution in [0.4, 0.5) is 11.4 Å². The number of hydrogen-bond donors (Lipinski definition) is 1. The van der Waals surface area contributed by atoms with Gasteiger partial charge in [0.15, 0.2) is 0 Å². The molecular formula is C17H23N3O2. The summed E-state index contributed by atoms with van der Waals surface area (Å²) in [6.07, 6.45) is 5.77. The highest BCUT2D eigenvalue weighted by Gasteiger charge is 2.24. The van der Waals surface area contributed by atoms with Gasteiger partial charge in [-0.05, 0) is 56.4 Å². The van der Waals surface area contributed by atoms with Gasteiger partial charge in [0.1, 0.15) is 0 Å². The number of amides is 2. The summed E-state index contributed by atoms with van der Waals surface area (Å²) < 4.78 is 0. The number of carbonyl (C=O) groups is 2. The van der Waals surface area contributed by atoms with E-state index in [1.807, 2.05) is 24.3 Å². The fourth-order valence-corrected chi connectivity index (χ4v) is 3.16. The Morgan fingerprint density at radius 1 is 0.818 bits per heavy atom. The van der Waals surface area contributed by atoms with E-state index in [1.165, 1.54) is 24.9 Å². The number of nitrogens with one attached hydrogen (secondary N) is 1. The van der Waals surface area contributed by atoms with Gasteiger partial charge in [0.05, 0.1) is 0 Å². The fraction of sp³-hybridized carbons (Fsp3) is 0.529. The minimum Gasteiger partial charge on any atom is -0.372 e. The van der Waals surface area contributed by atoms with Crippen molar-refractivity contribution in [2.75, 3.05) is 36.4 Å². The van der Waals surface area contributed by atoms with E-state index in [0.29, 0.717) is 18.8 Å². The van der Waals surface area contributed by atoms with Gasteiger partial charge in [-0.1, -0.05) is 0 Å². The molecule has 0 bridgehead atoms. The molecule has 5 nitrogen and oxygen atoms in total. The Labute approximate surface area is 131 Å². The van der Waals surface area contributed by atoms with Crippen molar-refractivity contribution in [2.24, 2.45) is 0 Å². The maximum Gasteiger partial charge on any atom is 0.313 e. The molecule has 0 aromatic heterocycles. The highest BCUT2D eigenvalue weighted by Crippen LogP contribution is 2.21. The van der Waals surface area contributed by atoms with Crippen molar-refractivity contribution < 1.29 is 9.59 Å². The summed E-state index contributed by atoms with van der Waals surface area (Å²) in [7, 11) is 0. The van der Waals surface area contributed by atoms with Crippen molar-refractivity contribution in [1.29, 1.82) is 0 Å². The molecule has 22 heavy (non-hydrogen) atoms. The van der Waals surface area contributed by atoms with E-state index >= 15 is 0 Å². The molecule has 2 aliphatic rings. The van der Waals surface area contributed by atoms with Crippen molar-refractivity contribution >= 4 is 23.2 Å². The highest BCUT2D eigenvalue weighted by molar-refractivity contribution is 6.39. The van der Waals surface area contributed by atoms with E-state index in [2.05, 4.69) is 10.2 Å². The molecule has 0 spiro atoms. The number of carbonyl (C=O) groups excluding carboxylic acids is 2. The van der Waals surface area contributed by atoms with Gasteiger partial charge in [-0.25, -0.2) is 0 Å². The van der Waals surface area contributed by atoms with E-state index in [1.54, 1.807) is 4.90 Å². The summed E-state index contributed by atoms with van der Waals surface area (Å²) in [4.78, 5) is 27.9. The Balaban J connectivity index is 1.58. The predicted molar refractivity (Wildman–Crippen MR) is 86.9 cm³/mol. The number of benzene rings is 1. The molecule has 1 aromatic rings. The SMILES string of the molecule is O=C(Nc1ccc(N2CCCCC2)cc1)C(=O)N1CCCC1. The molecule has 3 rings (SSSR count). The zero-order valence-electron chi connectivity index (χ0n) is 12.9. The topological polar surface area (TPSA) is 52.7 Å². The third kappa shape index (κ3) is 3.40. The van der Waals surface area contributed by atoms with Crippen LogP contribution in [0.2, 0.25) is 0 Å². The van der Waals surface area contributed by atoms with Crippen molar-refractivity contribution in [3.05, 3.63) is 24.3 Å². The summed E-state index contributed by atoms with van der Waals surface area (Å²) in [5.74, 6) is -0.953. The summed E-state index contributed by atoms with van der Waals surface area (Å²) in [6, 6.07) is 7.78. The molecule has 0 saturated carbocycles. The van der Waals surface area contributed by atoms with E-state index in [0.717, 1.165) is 25.9 Å². The second-order valence-electron chi connectivity index (χ2n) is 6.05. The number of likely N-dealkylation sites (tertiary alicyclic amines) is 1. The van der Waals surface area contributed by atoms with Crippen LogP contribution in [0.1, 0.15) is 32.1 Å². The summed E-state index contributed by atoms with van der Waals surface area (Å²) >= 11 is 0. The van der Waals surface area contributed by atoms with Gasteiger partial charge in [-0.3, -0.25) is 9.59 Å². The minimum absolute atomic E-state index is 0.419. The van der Waals surface area contributed by atoms with Crippen LogP contribution >= 0.6 is 0 Å². The first-order chi connectivity index (χ1) is 10.7. The number of anilines is 2. The Hall–Kier alpha value is -2.04. The Kier molecular flexibility index (Phi) is 4.61. The Bertz CT molecular complexity index is 529. The van der Waals surface area contributed by atoms with Crippen LogP contribution in [0.25, 0.3) is 0 Å². The molecule has 118 valence electrons. The number of nitrogens with zero attached hydrogens (tertiary/aromatic N) is 2. The van der Waals surface area contributed by atoms with Crippen LogP contribution in [0.3, 0.4) is 0 Å². The van der Waals surface area contributed by atoms with Crippen molar-refractivity contribution in [3.8, 4) is 0 Å². The monoisotopic (exact) mass is 301 g/mol. The van der Waals surface area contributed by atoms with Gasteiger partial charge in [-0.2, -0.15) is 0 Å². The molecule has 2 heterocycles. The molecule has 0 unspecified atom stereocenters. The number of piperidine rings is 1. The quantitative estimate of drug-likeness (QED) is 0.852. The lowest BCUT2D eigenvalue weighted by molar-refractivity contribution is -0.142. The molecule has 1 aromatic carbocycles. The zero-order valence-corrected chi connectivity index (χ0v) is 12.9. The lowest BCUT2D eigenvalue weighted by Crippen LogP contribution is -2.37. The average Bonchev–Trinajstić information content (AvgIpc) is 3.10. The Morgan fingerprint density at radius 3 is 2.05 bits per heavy atom. The van der Waals surface area contributed by atoms with Gasteiger partial charge in [0, 0.05) is 37.6 Å². The second kappa shape index (κ2) is 6.81. The largest absolute Gasteiger partial charge is 0.372 e. The van der Waals surface area contributed by atoms with Gasteiger partial charge < -0.3 is 15.1 Å². The lowest BCUT2D eigenvalue weighted by atomic mass is 10.1. The fourth-order valence-electron chi connectivity index (χ4n) is 3.16.